The molecule has 0 bridgehead atoms. The summed E-state index contributed by atoms with van der Waals surface area (Å²) in [6.45, 7) is 3.41. The van der Waals surface area contributed by atoms with Gasteiger partial charge in [-0.15, -0.1) is 0 Å². The predicted octanol–water partition coefficient (Wildman–Crippen LogP) is 0.615. The second kappa shape index (κ2) is 5.96. The van der Waals surface area contributed by atoms with Gasteiger partial charge in [-0.05, 0) is 24.5 Å². The number of sulfonamides is 1. The fourth-order valence-electron chi connectivity index (χ4n) is 2.81. The van der Waals surface area contributed by atoms with Gasteiger partial charge in [0.1, 0.15) is 0 Å². The van der Waals surface area contributed by atoms with Crippen molar-refractivity contribution in [3.8, 4) is 0 Å². The van der Waals surface area contributed by atoms with E-state index >= 15 is 0 Å². The topological polar surface area (TPSA) is 79.4 Å². The van der Waals surface area contributed by atoms with Crippen LogP contribution in [0.25, 0.3) is 0 Å². The van der Waals surface area contributed by atoms with Crippen molar-refractivity contribution >= 4 is 15.9 Å². The van der Waals surface area contributed by atoms with Crippen LogP contribution in [0.3, 0.4) is 0 Å². The molecule has 0 spiro atoms. The number of amides is 1. The zero-order valence-corrected chi connectivity index (χ0v) is 13.4. The fraction of sp³-hybridized carbons (Fsp3) is 0.600. The summed E-state index contributed by atoms with van der Waals surface area (Å²) in [5.41, 5.74) is 0.694. The predicted molar refractivity (Wildman–Crippen MR) is 82.2 cm³/mol. The van der Waals surface area contributed by atoms with E-state index in [2.05, 4.69) is 16.6 Å². The summed E-state index contributed by atoms with van der Waals surface area (Å²) in [5, 5.41) is 0. The second-order valence-corrected chi connectivity index (χ2v) is 8.20. The van der Waals surface area contributed by atoms with Crippen molar-refractivity contribution in [2.45, 2.75) is 19.9 Å². The zero-order valence-electron chi connectivity index (χ0n) is 12.6. The molecule has 1 amide bonds. The number of carbonyl (C=O) groups excluding carboxylic acids is 1. The minimum Gasteiger partial charge on any atom is -0.342 e. The molecular formula is C15H21N3O3S. The van der Waals surface area contributed by atoms with Crippen LogP contribution in [0, 0.1) is 17.8 Å². The Bertz CT molecular complexity index is 641. The minimum absolute atomic E-state index is 0.0410. The van der Waals surface area contributed by atoms with Crippen molar-refractivity contribution < 1.29 is 13.2 Å². The maximum absolute atomic E-state index is 12.0. The average Bonchev–Trinajstić information content (AvgIpc) is 3.18. The van der Waals surface area contributed by atoms with E-state index < -0.39 is 10.0 Å². The first-order valence-corrected chi connectivity index (χ1v) is 9.26. The Kier molecular flexibility index (Phi) is 4.18. The molecule has 2 fully saturated rings. The van der Waals surface area contributed by atoms with Gasteiger partial charge in [-0.3, -0.25) is 9.78 Å². The number of nitrogens with zero attached hydrogens (tertiary/aromatic N) is 2. The third kappa shape index (κ3) is 3.64. The first kappa shape index (κ1) is 15.4. The molecule has 2 heterocycles. The van der Waals surface area contributed by atoms with E-state index in [1.54, 1.807) is 23.2 Å². The van der Waals surface area contributed by atoms with Crippen molar-refractivity contribution in [3.05, 3.63) is 30.1 Å². The van der Waals surface area contributed by atoms with E-state index in [1.807, 2.05) is 6.07 Å². The van der Waals surface area contributed by atoms with E-state index in [0.717, 1.165) is 6.42 Å². The van der Waals surface area contributed by atoms with Crippen LogP contribution >= 0.6 is 0 Å². The molecular weight excluding hydrogens is 302 g/mol. The Morgan fingerprint density at radius 1 is 1.41 bits per heavy atom. The highest BCUT2D eigenvalue weighted by Crippen LogP contribution is 2.40. The first-order valence-electron chi connectivity index (χ1n) is 7.60. The molecule has 7 heteroatoms. The smallest absolute Gasteiger partial charge is 0.225 e. The van der Waals surface area contributed by atoms with E-state index in [-0.39, 0.29) is 30.0 Å². The molecule has 0 radical (unpaired) electrons. The molecule has 3 rings (SSSR count). The van der Waals surface area contributed by atoms with Gasteiger partial charge in [-0.1, -0.05) is 13.0 Å². The van der Waals surface area contributed by atoms with Crippen molar-refractivity contribution in [1.82, 2.24) is 14.6 Å². The zero-order chi connectivity index (χ0) is 15.7. The highest BCUT2D eigenvalue weighted by molar-refractivity contribution is 7.89. The molecule has 2 aliphatic rings. The Labute approximate surface area is 131 Å². The summed E-state index contributed by atoms with van der Waals surface area (Å²) >= 11 is 0. The third-order valence-corrected chi connectivity index (χ3v) is 5.84. The summed E-state index contributed by atoms with van der Waals surface area (Å²) in [6.07, 6.45) is 2.61. The van der Waals surface area contributed by atoms with Gasteiger partial charge in [0, 0.05) is 31.1 Å². The summed E-state index contributed by atoms with van der Waals surface area (Å²) in [6, 6.07) is 5.40. The maximum Gasteiger partial charge on any atom is 0.225 e. The number of hydrogen-bond donors (Lipinski definition) is 1. The summed E-state index contributed by atoms with van der Waals surface area (Å²) in [5.74, 6) is 0.987. The molecule has 0 aromatic carbocycles. The molecule has 1 aliphatic carbocycles. The Hall–Kier alpha value is -1.47. The Morgan fingerprint density at radius 3 is 2.73 bits per heavy atom. The molecule has 1 saturated carbocycles. The van der Waals surface area contributed by atoms with Gasteiger partial charge in [0.15, 0.2) is 0 Å². The van der Waals surface area contributed by atoms with Gasteiger partial charge in [0.25, 0.3) is 0 Å². The van der Waals surface area contributed by atoms with Crippen molar-refractivity contribution in [2.75, 3.05) is 18.8 Å². The van der Waals surface area contributed by atoms with E-state index in [0.29, 0.717) is 24.7 Å². The molecule has 2 atom stereocenters. The van der Waals surface area contributed by atoms with Crippen LogP contribution in [0.15, 0.2) is 24.4 Å². The largest absolute Gasteiger partial charge is 0.342 e. The van der Waals surface area contributed by atoms with E-state index in [1.165, 1.54) is 0 Å². The number of nitrogens with one attached hydrogen (secondary N) is 1. The van der Waals surface area contributed by atoms with Gasteiger partial charge in [-0.25, -0.2) is 13.1 Å². The molecule has 22 heavy (non-hydrogen) atoms. The monoisotopic (exact) mass is 323 g/mol. The standard InChI is InChI=1S/C15H21N3O3S/c1-11-6-14(11)15(19)18-8-12(9-18)10-22(20,21)17-7-13-4-2-3-5-16-13/h2-5,11-12,14,17H,6-10H2,1H3/t11-,14+/m0/s1. The lowest BCUT2D eigenvalue weighted by Gasteiger charge is -2.39. The molecule has 1 aromatic heterocycles. The number of carbonyl (C=O) groups is 1. The number of rotatable bonds is 6. The summed E-state index contributed by atoms with van der Waals surface area (Å²) < 4.78 is 26.6. The van der Waals surface area contributed by atoms with Crippen LogP contribution in [0.2, 0.25) is 0 Å². The molecule has 1 aromatic rings. The number of pyridine rings is 1. The molecule has 1 aliphatic heterocycles. The lowest BCUT2D eigenvalue weighted by atomic mass is 10.0. The van der Waals surface area contributed by atoms with Crippen LogP contribution in [-0.4, -0.2) is 43.1 Å². The average molecular weight is 323 g/mol. The van der Waals surface area contributed by atoms with Crippen LogP contribution in [0.4, 0.5) is 0 Å². The first-order chi connectivity index (χ1) is 10.4. The highest BCUT2D eigenvalue weighted by atomic mass is 32.2. The normalized spacial score (nSPS) is 24.9. The number of aromatic nitrogens is 1. The van der Waals surface area contributed by atoms with Gasteiger partial charge in [-0.2, -0.15) is 0 Å². The van der Waals surface area contributed by atoms with E-state index in [9.17, 15) is 13.2 Å². The molecule has 1 N–H and O–H groups in total. The lowest BCUT2D eigenvalue weighted by Crippen LogP contribution is -2.53. The molecule has 120 valence electrons. The van der Waals surface area contributed by atoms with Crippen LogP contribution in [0.1, 0.15) is 19.0 Å². The molecule has 6 nitrogen and oxygen atoms in total. The molecule has 0 unspecified atom stereocenters. The number of hydrogen-bond acceptors (Lipinski definition) is 4. The highest BCUT2D eigenvalue weighted by Gasteiger charge is 2.45. The number of likely N-dealkylation sites (tertiary alicyclic amines) is 1. The third-order valence-electron chi connectivity index (χ3n) is 4.35. The van der Waals surface area contributed by atoms with Gasteiger partial charge in [0.05, 0.1) is 18.0 Å². The quantitative estimate of drug-likeness (QED) is 0.832. The van der Waals surface area contributed by atoms with Crippen LogP contribution in [-0.2, 0) is 21.4 Å². The van der Waals surface area contributed by atoms with Gasteiger partial charge >= 0.3 is 0 Å². The van der Waals surface area contributed by atoms with Crippen molar-refractivity contribution in [3.63, 3.8) is 0 Å². The SMILES string of the molecule is C[C@H]1C[C@H]1C(=O)N1CC(CS(=O)(=O)NCc2ccccn2)C1. The van der Waals surface area contributed by atoms with Crippen LogP contribution in [0.5, 0.6) is 0 Å². The summed E-state index contributed by atoms with van der Waals surface area (Å²) in [7, 11) is -3.33. The van der Waals surface area contributed by atoms with Gasteiger partial charge < -0.3 is 4.90 Å². The van der Waals surface area contributed by atoms with Crippen molar-refractivity contribution in [2.24, 2.45) is 17.8 Å². The van der Waals surface area contributed by atoms with Crippen molar-refractivity contribution in [1.29, 1.82) is 0 Å². The Morgan fingerprint density at radius 2 is 2.14 bits per heavy atom. The minimum atomic E-state index is -3.33. The lowest BCUT2D eigenvalue weighted by molar-refractivity contribution is -0.138. The Balaban J connectivity index is 1.42. The van der Waals surface area contributed by atoms with Gasteiger partial charge in [0.2, 0.25) is 15.9 Å². The molecule has 1 saturated heterocycles. The maximum atomic E-state index is 12.0. The van der Waals surface area contributed by atoms with Crippen LogP contribution < -0.4 is 4.72 Å². The van der Waals surface area contributed by atoms with E-state index in [4.69, 9.17) is 0 Å². The second-order valence-electron chi connectivity index (χ2n) is 6.35. The summed E-state index contributed by atoms with van der Waals surface area (Å²) in [4.78, 5) is 17.8. The fourth-order valence-corrected chi connectivity index (χ4v) is 4.13.